The van der Waals surface area contributed by atoms with Crippen molar-refractivity contribution in [2.45, 2.75) is 26.2 Å². The van der Waals surface area contributed by atoms with Crippen LogP contribution >= 0.6 is 15.9 Å². The molecule has 0 aromatic carbocycles. The Labute approximate surface area is 100 Å². The molecule has 0 radical (unpaired) electrons. The minimum Gasteiger partial charge on any atom is -0.305 e. The summed E-state index contributed by atoms with van der Waals surface area (Å²) in [6, 6.07) is 1.41. The molecule has 0 aliphatic carbocycles. The van der Waals surface area contributed by atoms with E-state index in [4.69, 9.17) is 0 Å². The first kappa shape index (κ1) is 11.5. The van der Waals surface area contributed by atoms with Crippen LogP contribution in [0.4, 0.5) is 8.78 Å². The van der Waals surface area contributed by atoms with Crippen LogP contribution in [0.3, 0.4) is 0 Å². The molecule has 0 aliphatic rings. The fraction of sp³-hybridized carbons (Fsp3) is 0.364. The summed E-state index contributed by atoms with van der Waals surface area (Å²) >= 11 is 3.26. The topological polar surface area (TPSA) is 17.3 Å². The fourth-order valence-corrected chi connectivity index (χ4v) is 2.05. The number of halogens is 3. The van der Waals surface area contributed by atoms with E-state index in [-0.39, 0.29) is 11.5 Å². The van der Waals surface area contributed by atoms with Crippen LogP contribution in [0.1, 0.15) is 37.4 Å². The summed E-state index contributed by atoms with van der Waals surface area (Å²) in [5.74, 6) is 0.279. The quantitative estimate of drug-likeness (QED) is 0.811. The number of hydrogen-bond donors (Lipinski definition) is 0. The van der Waals surface area contributed by atoms with Gasteiger partial charge in [0.15, 0.2) is 5.65 Å². The van der Waals surface area contributed by atoms with Gasteiger partial charge < -0.3 is 4.40 Å². The van der Waals surface area contributed by atoms with Gasteiger partial charge in [-0.15, -0.1) is 0 Å². The standard InChI is InChI=1S/C11H11BrF2N2/c1-6(2)9-5-16-4-7(10(13)14)3-8(12)11(16)15-9/h3-6,10H,1-2H3. The van der Waals surface area contributed by atoms with Crippen molar-refractivity contribution in [3.63, 3.8) is 0 Å². The van der Waals surface area contributed by atoms with Crippen molar-refractivity contribution < 1.29 is 8.78 Å². The average Bonchev–Trinajstić information content (AvgIpc) is 2.61. The molecule has 0 unspecified atom stereocenters. The first-order valence-electron chi connectivity index (χ1n) is 4.95. The first-order chi connectivity index (χ1) is 7.49. The SMILES string of the molecule is CC(C)c1cn2cc(C(F)F)cc(Br)c2n1. The largest absolute Gasteiger partial charge is 0.305 e. The van der Waals surface area contributed by atoms with Gasteiger partial charge in [0, 0.05) is 18.0 Å². The highest BCUT2D eigenvalue weighted by atomic mass is 79.9. The number of fused-ring (bicyclic) bond motifs is 1. The van der Waals surface area contributed by atoms with Gasteiger partial charge in [-0.3, -0.25) is 0 Å². The molecule has 0 saturated heterocycles. The van der Waals surface area contributed by atoms with E-state index >= 15 is 0 Å². The van der Waals surface area contributed by atoms with E-state index in [1.54, 1.807) is 10.6 Å². The molecular formula is C11H11BrF2N2. The molecule has 0 amide bonds. The maximum Gasteiger partial charge on any atom is 0.265 e. The van der Waals surface area contributed by atoms with E-state index in [9.17, 15) is 8.78 Å². The molecule has 86 valence electrons. The lowest BCUT2D eigenvalue weighted by Gasteiger charge is -2.02. The van der Waals surface area contributed by atoms with Crippen LogP contribution in [0.25, 0.3) is 5.65 Å². The Hall–Kier alpha value is -0.970. The summed E-state index contributed by atoms with van der Waals surface area (Å²) in [6.45, 7) is 4.04. The van der Waals surface area contributed by atoms with E-state index in [1.807, 2.05) is 13.8 Å². The number of hydrogen-bond acceptors (Lipinski definition) is 1. The Morgan fingerprint density at radius 2 is 2.00 bits per heavy atom. The Morgan fingerprint density at radius 3 is 2.56 bits per heavy atom. The Morgan fingerprint density at radius 1 is 1.31 bits per heavy atom. The molecule has 0 saturated carbocycles. The van der Waals surface area contributed by atoms with Gasteiger partial charge in [-0.1, -0.05) is 13.8 Å². The van der Waals surface area contributed by atoms with Crippen molar-refractivity contribution in [1.29, 1.82) is 0 Å². The zero-order valence-electron chi connectivity index (χ0n) is 8.92. The molecule has 2 aromatic heterocycles. The van der Waals surface area contributed by atoms with Crippen molar-refractivity contribution >= 4 is 21.6 Å². The smallest absolute Gasteiger partial charge is 0.265 e. The number of imidazole rings is 1. The number of rotatable bonds is 2. The molecule has 0 bridgehead atoms. The highest BCUT2D eigenvalue weighted by Crippen LogP contribution is 2.27. The number of nitrogens with zero attached hydrogens (tertiary/aromatic N) is 2. The van der Waals surface area contributed by atoms with E-state index in [0.717, 1.165) is 5.69 Å². The van der Waals surface area contributed by atoms with Crippen molar-refractivity contribution in [3.8, 4) is 0 Å². The van der Waals surface area contributed by atoms with Crippen LogP contribution in [0.5, 0.6) is 0 Å². The summed E-state index contributed by atoms with van der Waals surface area (Å²) in [5.41, 5.74) is 1.56. The molecule has 0 aliphatic heterocycles. The zero-order valence-corrected chi connectivity index (χ0v) is 10.5. The zero-order chi connectivity index (χ0) is 11.9. The van der Waals surface area contributed by atoms with E-state index in [0.29, 0.717) is 10.1 Å². The predicted molar refractivity (Wildman–Crippen MR) is 61.9 cm³/mol. The fourth-order valence-electron chi connectivity index (χ4n) is 1.49. The lowest BCUT2D eigenvalue weighted by Crippen LogP contribution is -1.91. The van der Waals surface area contributed by atoms with Gasteiger partial charge in [-0.2, -0.15) is 0 Å². The van der Waals surface area contributed by atoms with Crippen LogP contribution in [0.15, 0.2) is 22.9 Å². The summed E-state index contributed by atoms with van der Waals surface area (Å²) < 4.78 is 27.4. The van der Waals surface area contributed by atoms with Crippen molar-refractivity contribution in [2.24, 2.45) is 0 Å². The molecule has 2 aromatic rings. The van der Waals surface area contributed by atoms with Crippen molar-refractivity contribution in [3.05, 3.63) is 34.2 Å². The lowest BCUT2D eigenvalue weighted by atomic mass is 10.2. The van der Waals surface area contributed by atoms with Gasteiger partial charge in [-0.05, 0) is 27.9 Å². The predicted octanol–water partition coefficient (Wildman–Crippen LogP) is 4.16. The maximum absolute atomic E-state index is 12.6. The van der Waals surface area contributed by atoms with Crippen LogP contribution in [-0.4, -0.2) is 9.38 Å². The van der Waals surface area contributed by atoms with Crippen LogP contribution in [-0.2, 0) is 0 Å². The molecule has 5 heteroatoms. The van der Waals surface area contributed by atoms with E-state index in [2.05, 4.69) is 20.9 Å². The first-order valence-corrected chi connectivity index (χ1v) is 5.74. The average molecular weight is 289 g/mol. The van der Waals surface area contributed by atoms with Gasteiger partial charge in [0.1, 0.15) is 0 Å². The molecule has 2 heterocycles. The minimum atomic E-state index is -2.47. The molecule has 0 N–H and O–H groups in total. The molecule has 0 fully saturated rings. The molecule has 0 spiro atoms. The van der Waals surface area contributed by atoms with Gasteiger partial charge >= 0.3 is 0 Å². The molecule has 2 nitrogen and oxygen atoms in total. The van der Waals surface area contributed by atoms with Gasteiger partial charge in [-0.25, -0.2) is 13.8 Å². The maximum atomic E-state index is 12.6. The second kappa shape index (κ2) is 4.13. The highest BCUT2D eigenvalue weighted by Gasteiger charge is 2.13. The van der Waals surface area contributed by atoms with Crippen molar-refractivity contribution in [2.75, 3.05) is 0 Å². The second-order valence-electron chi connectivity index (χ2n) is 3.97. The van der Waals surface area contributed by atoms with Crippen LogP contribution < -0.4 is 0 Å². The Bertz CT molecular complexity index is 520. The lowest BCUT2D eigenvalue weighted by molar-refractivity contribution is 0.151. The molecule has 16 heavy (non-hydrogen) atoms. The molecule has 0 atom stereocenters. The third-order valence-electron chi connectivity index (χ3n) is 2.39. The van der Waals surface area contributed by atoms with Gasteiger partial charge in [0.05, 0.1) is 10.2 Å². The monoisotopic (exact) mass is 288 g/mol. The summed E-state index contributed by atoms with van der Waals surface area (Å²) in [6.07, 6.45) is 0.742. The van der Waals surface area contributed by atoms with Crippen molar-refractivity contribution in [1.82, 2.24) is 9.38 Å². The summed E-state index contributed by atoms with van der Waals surface area (Å²) in [4.78, 5) is 4.38. The van der Waals surface area contributed by atoms with E-state index < -0.39 is 6.43 Å². The van der Waals surface area contributed by atoms with E-state index in [1.165, 1.54) is 12.3 Å². The summed E-state index contributed by atoms with van der Waals surface area (Å²) in [7, 11) is 0. The van der Waals surface area contributed by atoms with Crippen LogP contribution in [0.2, 0.25) is 0 Å². The normalized spacial score (nSPS) is 11.9. The third kappa shape index (κ3) is 1.96. The number of aromatic nitrogens is 2. The summed E-state index contributed by atoms with van der Waals surface area (Å²) in [5, 5.41) is 0. The van der Waals surface area contributed by atoms with Crippen LogP contribution in [0, 0.1) is 0 Å². The molecule has 2 rings (SSSR count). The number of pyridine rings is 1. The number of alkyl halides is 2. The minimum absolute atomic E-state index is 0.00733. The van der Waals surface area contributed by atoms with Gasteiger partial charge in [0.25, 0.3) is 6.43 Å². The second-order valence-corrected chi connectivity index (χ2v) is 4.83. The van der Waals surface area contributed by atoms with Gasteiger partial charge in [0.2, 0.25) is 0 Å². The Balaban J connectivity index is 2.63. The Kier molecular flexibility index (Phi) is 2.97. The highest BCUT2D eigenvalue weighted by molar-refractivity contribution is 9.10. The third-order valence-corrected chi connectivity index (χ3v) is 2.97. The molecular weight excluding hydrogens is 278 g/mol.